The highest BCUT2D eigenvalue weighted by Crippen LogP contribution is 2.46. The second kappa shape index (κ2) is 5.88. The van der Waals surface area contributed by atoms with Gasteiger partial charge in [0.1, 0.15) is 30.0 Å². The summed E-state index contributed by atoms with van der Waals surface area (Å²) in [5.41, 5.74) is 1.30. The van der Waals surface area contributed by atoms with Crippen molar-refractivity contribution in [3.63, 3.8) is 0 Å². The van der Waals surface area contributed by atoms with E-state index in [0.29, 0.717) is 34.3 Å². The molecule has 25 heavy (non-hydrogen) atoms. The summed E-state index contributed by atoms with van der Waals surface area (Å²) < 4.78 is 27.7. The minimum Gasteiger partial charge on any atom is -0.497 e. The molecule has 0 aliphatic carbocycles. The maximum atomic E-state index is 13.1. The van der Waals surface area contributed by atoms with Crippen LogP contribution in [0.4, 0.5) is 0 Å². The number of hydrogen-bond donors (Lipinski definition) is 0. The zero-order valence-corrected chi connectivity index (χ0v) is 14.2. The first kappa shape index (κ1) is 15.6. The molecule has 2 heterocycles. The Balaban J connectivity index is 1.81. The average Bonchev–Trinajstić information content (AvgIpc) is 2.66. The van der Waals surface area contributed by atoms with Gasteiger partial charge in [-0.1, -0.05) is 0 Å². The Morgan fingerprint density at radius 1 is 0.960 bits per heavy atom. The van der Waals surface area contributed by atoms with Gasteiger partial charge in [0, 0.05) is 17.7 Å². The van der Waals surface area contributed by atoms with Crippen LogP contribution in [0.1, 0.15) is 21.8 Å². The highest BCUT2D eigenvalue weighted by Gasteiger charge is 2.43. The van der Waals surface area contributed by atoms with Crippen molar-refractivity contribution in [2.24, 2.45) is 0 Å². The van der Waals surface area contributed by atoms with Crippen molar-refractivity contribution >= 4 is 5.78 Å². The first-order valence-corrected chi connectivity index (χ1v) is 7.94. The quantitative estimate of drug-likeness (QED) is 0.855. The third-order valence-electron chi connectivity index (χ3n) is 4.64. The number of methoxy groups -OCH3 is 3. The molecular weight excluding hydrogens is 324 g/mol. The molecule has 0 amide bonds. The van der Waals surface area contributed by atoms with Crippen molar-refractivity contribution in [1.29, 1.82) is 0 Å². The molecule has 0 bridgehead atoms. The van der Waals surface area contributed by atoms with Crippen LogP contribution in [-0.2, 0) is 0 Å². The molecule has 0 radical (unpaired) electrons. The van der Waals surface area contributed by atoms with Gasteiger partial charge in [-0.3, -0.25) is 4.79 Å². The fraction of sp³-hybridized carbons (Fsp3) is 0.316. The molecular formula is C19H18O6. The summed E-state index contributed by atoms with van der Waals surface area (Å²) in [4.78, 5) is 13.1. The fourth-order valence-corrected chi connectivity index (χ4v) is 3.39. The van der Waals surface area contributed by atoms with E-state index in [9.17, 15) is 4.79 Å². The summed E-state index contributed by atoms with van der Waals surface area (Å²) >= 11 is 0. The maximum Gasteiger partial charge on any atom is 0.178 e. The number of rotatable bonds is 3. The predicted molar refractivity (Wildman–Crippen MR) is 89.5 cm³/mol. The lowest BCUT2D eigenvalue weighted by Gasteiger charge is -2.37. The third kappa shape index (κ3) is 2.36. The topological polar surface area (TPSA) is 63.2 Å². The Labute approximate surface area is 145 Å². The standard InChI is InChI=1S/C19H18O6/c1-21-10-4-5-11-14(6-10)25-17-9-24-13-8-16(23-3)15(22-2)7-12(13)18(17)19(11)20/h4-8,17-18H,9H2,1-3H3/t17-,18-/m0/s1. The van der Waals surface area contributed by atoms with Crippen molar-refractivity contribution in [1.82, 2.24) is 0 Å². The summed E-state index contributed by atoms with van der Waals surface area (Å²) in [6, 6.07) is 8.77. The maximum absolute atomic E-state index is 13.1. The third-order valence-corrected chi connectivity index (χ3v) is 4.64. The fourth-order valence-electron chi connectivity index (χ4n) is 3.39. The van der Waals surface area contributed by atoms with E-state index in [1.54, 1.807) is 51.7 Å². The van der Waals surface area contributed by atoms with Crippen molar-refractivity contribution in [2.45, 2.75) is 12.0 Å². The number of ether oxygens (including phenoxy) is 5. The van der Waals surface area contributed by atoms with Gasteiger partial charge in [0.2, 0.25) is 0 Å². The Hall–Kier alpha value is -2.89. The lowest BCUT2D eigenvalue weighted by Crippen LogP contribution is -2.43. The zero-order valence-electron chi connectivity index (χ0n) is 14.2. The van der Waals surface area contributed by atoms with E-state index in [4.69, 9.17) is 23.7 Å². The molecule has 0 unspecified atom stereocenters. The van der Waals surface area contributed by atoms with Crippen LogP contribution in [0.15, 0.2) is 30.3 Å². The van der Waals surface area contributed by atoms with Gasteiger partial charge in [0.15, 0.2) is 17.3 Å². The van der Waals surface area contributed by atoms with E-state index in [-0.39, 0.29) is 12.4 Å². The SMILES string of the molecule is COc1ccc2c(c1)O[C@H]1COc3cc(OC)c(OC)cc3[C@@H]1C2=O. The largest absolute Gasteiger partial charge is 0.497 e. The van der Waals surface area contributed by atoms with Crippen LogP contribution in [0.25, 0.3) is 0 Å². The summed E-state index contributed by atoms with van der Waals surface area (Å²) in [5.74, 6) is 2.47. The van der Waals surface area contributed by atoms with Crippen LogP contribution >= 0.6 is 0 Å². The summed E-state index contributed by atoms with van der Waals surface area (Å²) in [7, 11) is 4.70. The zero-order chi connectivity index (χ0) is 17.6. The number of Topliss-reactive ketones (excluding diaryl/α,β-unsaturated/α-hetero) is 1. The van der Waals surface area contributed by atoms with Crippen LogP contribution < -0.4 is 23.7 Å². The van der Waals surface area contributed by atoms with Crippen molar-refractivity contribution in [3.8, 4) is 28.7 Å². The Kier molecular flexibility index (Phi) is 3.67. The second-order valence-corrected chi connectivity index (χ2v) is 5.92. The summed E-state index contributed by atoms with van der Waals surface area (Å²) in [6.07, 6.45) is -0.391. The Bertz CT molecular complexity index is 844. The van der Waals surface area contributed by atoms with E-state index in [1.807, 2.05) is 0 Å². The minimum absolute atomic E-state index is 0.00525. The van der Waals surface area contributed by atoms with Gasteiger partial charge in [-0.25, -0.2) is 0 Å². The summed E-state index contributed by atoms with van der Waals surface area (Å²) in [5, 5.41) is 0. The molecule has 4 rings (SSSR count). The number of carbonyl (C=O) groups is 1. The van der Waals surface area contributed by atoms with Gasteiger partial charge < -0.3 is 23.7 Å². The lowest BCUT2D eigenvalue weighted by atomic mass is 9.82. The molecule has 0 spiro atoms. The van der Waals surface area contributed by atoms with Crippen LogP contribution in [0.5, 0.6) is 28.7 Å². The Morgan fingerprint density at radius 3 is 2.44 bits per heavy atom. The van der Waals surface area contributed by atoms with E-state index in [0.717, 1.165) is 5.56 Å². The van der Waals surface area contributed by atoms with E-state index in [1.165, 1.54) is 0 Å². The predicted octanol–water partition coefficient (Wildman–Crippen LogP) is 2.83. The molecule has 0 aromatic heterocycles. The number of benzene rings is 2. The van der Waals surface area contributed by atoms with Gasteiger partial charge in [0.05, 0.1) is 32.8 Å². The molecule has 2 aromatic rings. The molecule has 0 fully saturated rings. The minimum atomic E-state index is -0.440. The number of carbonyl (C=O) groups excluding carboxylic acids is 1. The average molecular weight is 342 g/mol. The van der Waals surface area contributed by atoms with E-state index >= 15 is 0 Å². The van der Waals surface area contributed by atoms with Crippen molar-refractivity contribution in [3.05, 3.63) is 41.5 Å². The number of fused-ring (bicyclic) bond motifs is 4. The highest BCUT2D eigenvalue weighted by molar-refractivity contribution is 6.05. The van der Waals surface area contributed by atoms with E-state index in [2.05, 4.69) is 0 Å². The van der Waals surface area contributed by atoms with Crippen LogP contribution in [-0.4, -0.2) is 39.8 Å². The molecule has 2 aliphatic rings. The molecule has 0 saturated heterocycles. The number of hydrogen-bond acceptors (Lipinski definition) is 6. The van der Waals surface area contributed by atoms with Crippen LogP contribution in [0.2, 0.25) is 0 Å². The van der Waals surface area contributed by atoms with Gasteiger partial charge in [-0.05, 0) is 18.2 Å². The second-order valence-electron chi connectivity index (χ2n) is 5.92. The summed E-state index contributed by atoms with van der Waals surface area (Å²) in [6.45, 7) is 0.287. The smallest absolute Gasteiger partial charge is 0.178 e. The van der Waals surface area contributed by atoms with Crippen molar-refractivity contribution in [2.75, 3.05) is 27.9 Å². The molecule has 2 aliphatic heterocycles. The van der Waals surface area contributed by atoms with Crippen molar-refractivity contribution < 1.29 is 28.5 Å². The molecule has 0 saturated carbocycles. The van der Waals surface area contributed by atoms with Gasteiger partial charge in [0.25, 0.3) is 0 Å². The molecule has 2 atom stereocenters. The Morgan fingerprint density at radius 2 is 1.72 bits per heavy atom. The monoisotopic (exact) mass is 342 g/mol. The van der Waals surface area contributed by atoms with Crippen LogP contribution in [0.3, 0.4) is 0 Å². The molecule has 6 heteroatoms. The normalized spacial score (nSPS) is 20.4. The van der Waals surface area contributed by atoms with E-state index < -0.39 is 12.0 Å². The first-order valence-electron chi connectivity index (χ1n) is 7.94. The molecule has 2 aromatic carbocycles. The van der Waals surface area contributed by atoms with Gasteiger partial charge >= 0.3 is 0 Å². The molecule has 6 nitrogen and oxygen atoms in total. The molecule has 0 N–H and O–H groups in total. The number of ketones is 1. The van der Waals surface area contributed by atoms with Gasteiger partial charge in [-0.2, -0.15) is 0 Å². The highest BCUT2D eigenvalue weighted by atomic mass is 16.5. The lowest BCUT2D eigenvalue weighted by molar-refractivity contribution is 0.0557. The van der Waals surface area contributed by atoms with Gasteiger partial charge in [-0.15, -0.1) is 0 Å². The first-order chi connectivity index (χ1) is 12.2. The van der Waals surface area contributed by atoms with Crippen LogP contribution in [0, 0.1) is 0 Å². The molecule has 130 valence electrons.